The van der Waals surface area contributed by atoms with Crippen LogP contribution in [0.25, 0.3) is 0 Å². The summed E-state index contributed by atoms with van der Waals surface area (Å²) in [5, 5.41) is 12.8. The Balaban J connectivity index is 1.44. The molecule has 2 amide bonds. The van der Waals surface area contributed by atoms with Crippen molar-refractivity contribution in [3.8, 4) is 17.6 Å². The van der Waals surface area contributed by atoms with Gasteiger partial charge < -0.3 is 19.7 Å². The van der Waals surface area contributed by atoms with Crippen molar-refractivity contribution in [1.29, 1.82) is 5.26 Å². The third kappa shape index (κ3) is 4.21. The molecular formula is C23H21ClFN3O4. The van der Waals surface area contributed by atoms with Crippen molar-refractivity contribution in [2.75, 3.05) is 25.5 Å². The number of halogens is 2. The first-order chi connectivity index (χ1) is 15.3. The van der Waals surface area contributed by atoms with E-state index in [2.05, 4.69) is 11.4 Å². The molecule has 1 atom stereocenters. The molecule has 32 heavy (non-hydrogen) atoms. The molecule has 0 spiro atoms. The largest absolute Gasteiger partial charge is 0.495 e. The van der Waals surface area contributed by atoms with Crippen molar-refractivity contribution in [3.63, 3.8) is 0 Å². The summed E-state index contributed by atoms with van der Waals surface area (Å²) in [6.45, 7) is 0.634. The standard InChI is InChI=1S/C23H21ClFN3O4/c1-31-18-11-19-17(10-16(18)24)27-21(29)20(32-19)22(30)28-8-6-23(13-26,7-9-28)12-14-2-4-15(25)5-3-14/h2-5,10-11,20H,6-9,12H2,1H3,(H,27,29). The van der Waals surface area contributed by atoms with E-state index in [1.807, 2.05) is 0 Å². The van der Waals surface area contributed by atoms with Gasteiger partial charge in [0.25, 0.3) is 17.9 Å². The van der Waals surface area contributed by atoms with Gasteiger partial charge in [0, 0.05) is 19.2 Å². The molecule has 1 fully saturated rings. The van der Waals surface area contributed by atoms with Gasteiger partial charge in [0.2, 0.25) is 0 Å². The molecule has 1 saturated heterocycles. The monoisotopic (exact) mass is 457 g/mol. The molecule has 0 bridgehead atoms. The number of ether oxygens (including phenoxy) is 2. The Kier molecular flexibility index (Phi) is 5.94. The van der Waals surface area contributed by atoms with Crippen molar-refractivity contribution in [2.45, 2.75) is 25.4 Å². The lowest BCUT2D eigenvalue weighted by atomic mass is 9.75. The SMILES string of the molecule is COc1cc2c(cc1Cl)NC(=O)C(C(=O)N1CCC(C#N)(Cc3ccc(F)cc3)CC1)O2. The van der Waals surface area contributed by atoms with E-state index in [1.54, 1.807) is 17.0 Å². The lowest BCUT2D eigenvalue weighted by Crippen LogP contribution is -2.53. The molecule has 2 aliphatic rings. The van der Waals surface area contributed by atoms with Crippen molar-refractivity contribution in [1.82, 2.24) is 4.90 Å². The number of hydrogen-bond donors (Lipinski definition) is 1. The molecule has 4 rings (SSSR count). The number of methoxy groups -OCH3 is 1. The van der Waals surface area contributed by atoms with Crippen LogP contribution >= 0.6 is 11.6 Å². The first kappa shape index (κ1) is 21.9. The summed E-state index contributed by atoms with van der Waals surface area (Å²) in [4.78, 5) is 27.1. The number of hydrogen-bond acceptors (Lipinski definition) is 5. The topological polar surface area (TPSA) is 91.7 Å². The van der Waals surface area contributed by atoms with Crippen LogP contribution in [0.1, 0.15) is 18.4 Å². The van der Waals surface area contributed by atoms with Gasteiger partial charge in [-0.05, 0) is 43.0 Å². The molecule has 7 nitrogen and oxygen atoms in total. The van der Waals surface area contributed by atoms with Crippen LogP contribution in [0.4, 0.5) is 10.1 Å². The van der Waals surface area contributed by atoms with E-state index < -0.39 is 23.3 Å². The number of likely N-dealkylation sites (tertiary alicyclic amines) is 1. The van der Waals surface area contributed by atoms with E-state index in [9.17, 15) is 19.2 Å². The fourth-order valence-electron chi connectivity index (χ4n) is 4.07. The van der Waals surface area contributed by atoms with Crippen LogP contribution in [0.5, 0.6) is 11.5 Å². The van der Waals surface area contributed by atoms with E-state index in [-0.39, 0.29) is 5.82 Å². The van der Waals surface area contributed by atoms with E-state index in [1.165, 1.54) is 31.4 Å². The number of anilines is 1. The van der Waals surface area contributed by atoms with Gasteiger partial charge in [0.05, 0.1) is 29.3 Å². The maximum absolute atomic E-state index is 13.2. The molecule has 0 radical (unpaired) electrons. The predicted molar refractivity (Wildman–Crippen MR) is 115 cm³/mol. The minimum atomic E-state index is -1.33. The number of nitriles is 1. The van der Waals surface area contributed by atoms with Gasteiger partial charge >= 0.3 is 0 Å². The first-order valence-corrected chi connectivity index (χ1v) is 10.5. The van der Waals surface area contributed by atoms with E-state index in [0.717, 1.165) is 5.56 Å². The molecule has 0 saturated carbocycles. The lowest BCUT2D eigenvalue weighted by Gasteiger charge is -2.39. The fraction of sp³-hybridized carbons (Fsp3) is 0.348. The van der Waals surface area contributed by atoms with Crippen molar-refractivity contribution in [2.24, 2.45) is 5.41 Å². The normalized spacial score (nSPS) is 19.2. The highest BCUT2D eigenvalue weighted by atomic mass is 35.5. The Morgan fingerprint density at radius 1 is 1.34 bits per heavy atom. The molecule has 2 aromatic rings. The molecule has 166 valence electrons. The highest BCUT2D eigenvalue weighted by molar-refractivity contribution is 6.32. The highest BCUT2D eigenvalue weighted by Crippen LogP contribution is 2.39. The summed E-state index contributed by atoms with van der Waals surface area (Å²) in [7, 11) is 1.46. The van der Waals surface area contributed by atoms with Crippen LogP contribution in [-0.2, 0) is 16.0 Å². The highest BCUT2D eigenvalue weighted by Gasteiger charge is 2.42. The Labute approximate surface area is 189 Å². The third-order valence-electron chi connectivity index (χ3n) is 5.94. The summed E-state index contributed by atoms with van der Waals surface area (Å²) < 4.78 is 24.0. The summed E-state index contributed by atoms with van der Waals surface area (Å²) in [6.07, 6.45) is 0.0299. The number of nitrogens with zero attached hydrogens (tertiary/aromatic N) is 2. The smallest absolute Gasteiger partial charge is 0.275 e. The van der Waals surface area contributed by atoms with Gasteiger partial charge in [-0.2, -0.15) is 5.26 Å². The zero-order chi connectivity index (χ0) is 22.9. The Bertz CT molecular complexity index is 1090. The number of nitrogens with one attached hydrogen (secondary N) is 1. The number of fused-ring (bicyclic) bond motifs is 1. The van der Waals surface area contributed by atoms with Crippen LogP contribution in [-0.4, -0.2) is 43.0 Å². The molecule has 2 aromatic carbocycles. The number of piperidine rings is 1. The number of rotatable bonds is 4. The number of benzene rings is 2. The maximum Gasteiger partial charge on any atom is 0.275 e. The Hall–Kier alpha value is -3.31. The second-order valence-electron chi connectivity index (χ2n) is 7.99. The minimum absolute atomic E-state index is 0.295. The summed E-state index contributed by atoms with van der Waals surface area (Å²) in [5.74, 6) is -0.704. The first-order valence-electron chi connectivity index (χ1n) is 10.1. The summed E-state index contributed by atoms with van der Waals surface area (Å²) in [5.41, 5.74) is 0.583. The molecule has 0 aromatic heterocycles. The third-order valence-corrected chi connectivity index (χ3v) is 6.24. The van der Waals surface area contributed by atoms with Crippen LogP contribution in [0.15, 0.2) is 36.4 Å². The molecular weight excluding hydrogens is 437 g/mol. The number of carbonyl (C=O) groups excluding carboxylic acids is 2. The van der Waals surface area contributed by atoms with Crippen LogP contribution in [0.3, 0.4) is 0 Å². The molecule has 2 aliphatic heterocycles. The van der Waals surface area contributed by atoms with E-state index in [0.29, 0.717) is 54.6 Å². The minimum Gasteiger partial charge on any atom is -0.495 e. The van der Waals surface area contributed by atoms with Gasteiger partial charge in [-0.25, -0.2) is 4.39 Å². The van der Waals surface area contributed by atoms with Crippen molar-refractivity contribution < 1.29 is 23.5 Å². The zero-order valence-electron chi connectivity index (χ0n) is 17.4. The quantitative estimate of drug-likeness (QED) is 0.709. The van der Waals surface area contributed by atoms with Crippen molar-refractivity contribution in [3.05, 3.63) is 52.8 Å². The molecule has 0 aliphatic carbocycles. The molecule has 9 heteroatoms. The maximum atomic E-state index is 13.2. The molecule has 1 unspecified atom stereocenters. The van der Waals surface area contributed by atoms with Crippen LogP contribution < -0.4 is 14.8 Å². The Morgan fingerprint density at radius 3 is 2.66 bits per heavy atom. The van der Waals surface area contributed by atoms with Gasteiger partial charge in [-0.3, -0.25) is 9.59 Å². The molecule has 1 N–H and O–H groups in total. The average molecular weight is 458 g/mol. The van der Waals surface area contributed by atoms with Gasteiger partial charge in [0.15, 0.2) is 0 Å². The average Bonchev–Trinajstić information content (AvgIpc) is 2.80. The van der Waals surface area contributed by atoms with E-state index in [4.69, 9.17) is 21.1 Å². The predicted octanol–water partition coefficient (Wildman–Crippen LogP) is 3.56. The van der Waals surface area contributed by atoms with Gasteiger partial charge in [0.1, 0.15) is 17.3 Å². The Morgan fingerprint density at radius 2 is 2.03 bits per heavy atom. The summed E-state index contributed by atoms with van der Waals surface area (Å²) in [6, 6.07) is 11.5. The number of carbonyl (C=O) groups is 2. The fourth-order valence-corrected chi connectivity index (χ4v) is 4.31. The van der Waals surface area contributed by atoms with Gasteiger partial charge in [-0.15, -0.1) is 0 Å². The number of amides is 2. The second-order valence-corrected chi connectivity index (χ2v) is 8.40. The van der Waals surface area contributed by atoms with Crippen LogP contribution in [0, 0.1) is 22.6 Å². The summed E-state index contributed by atoms with van der Waals surface area (Å²) >= 11 is 6.08. The van der Waals surface area contributed by atoms with Crippen molar-refractivity contribution >= 4 is 29.1 Å². The zero-order valence-corrected chi connectivity index (χ0v) is 18.1. The second kappa shape index (κ2) is 8.67. The lowest BCUT2D eigenvalue weighted by molar-refractivity contribution is -0.146. The van der Waals surface area contributed by atoms with Gasteiger partial charge in [-0.1, -0.05) is 23.7 Å². The molecule has 2 heterocycles. The van der Waals surface area contributed by atoms with Crippen LogP contribution in [0.2, 0.25) is 5.02 Å². The van der Waals surface area contributed by atoms with E-state index >= 15 is 0 Å².